The highest BCUT2D eigenvalue weighted by Gasteiger charge is 2.19. The minimum atomic E-state index is -0.468. The fraction of sp³-hybridized carbons (Fsp3) is 0.714. The van der Waals surface area contributed by atoms with Gasteiger partial charge in [0, 0.05) is 18.8 Å². The second-order valence-corrected chi connectivity index (χ2v) is 6.02. The van der Waals surface area contributed by atoms with Gasteiger partial charge in [-0.25, -0.2) is 4.79 Å². The first-order valence-electron chi connectivity index (χ1n) is 6.58. The maximum Gasteiger partial charge on any atom is 0.407 e. The van der Waals surface area contributed by atoms with Gasteiger partial charge in [0.15, 0.2) is 0 Å². The molecule has 1 aromatic rings. The second kappa shape index (κ2) is 5.63. The highest BCUT2D eigenvalue weighted by atomic mass is 16.6. The Morgan fingerprint density at radius 2 is 2.00 bits per heavy atom. The van der Waals surface area contributed by atoms with Crippen molar-refractivity contribution >= 4 is 6.09 Å². The predicted octanol–water partition coefficient (Wildman–Crippen LogP) is 2.49. The van der Waals surface area contributed by atoms with Gasteiger partial charge in [0.05, 0.1) is 5.69 Å². The molecular formula is C14H25N3O2. The number of rotatable bonds is 3. The molecular weight excluding hydrogens is 242 g/mol. The standard InChI is InChI=1S/C14H25N3O2/c1-9(15-13(18)19-14(4,5)6)8-12-10(2)16-17(7)11(12)3/h9H,8H2,1-7H3,(H,15,18). The van der Waals surface area contributed by atoms with Gasteiger partial charge in [0.25, 0.3) is 0 Å². The number of aromatic nitrogens is 2. The van der Waals surface area contributed by atoms with E-state index in [1.54, 1.807) is 0 Å². The summed E-state index contributed by atoms with van der Waals surface area (Å²) in [6.07, 6.45) is 0.379. The average Bonchev–Trinajstić information content (AvgIpc) is 2.42. The topological polar surface area (TPSA) is 56.2 Å². The van der Waals surface area contributed by atoms with Gasteiger partial charge in [-0.3, -0.25) is 4.68 Å². The van der Waals surface area contributed by atoms with Crippen molar-refractivity contribution < 1.29 is 9.53 Å². The highest BCUT2D eigenvalue weighted by molar-refractivity contribution is 5.68. The summed E-state index contributed by atoms with van der Waals surface area (Å²) in [5.41, 5.74) is 2.86. The number of carbonyl (C=O) groups excluding carboxylic acids is 1. The molecule has 19 heavy (non-hydrogen) atoms. The van der Waals surface area contributed by atoms with E-state index in [0.717, 1.165) is 17.8 Å². The van der Waals surface area contributed by atoms with Crippen LogP contribution >= 0.6 is 0 Å². The molecule has 0 aliphatic heterocycles. The van der Waals surface area contributed by atoms with Gasteiger partial charge >= 0.3 is 6.09 Å². The van der Waals surface area contributed by atoms with Crippen LogP contribution in [0.25, 0.3) is 0 Å². The van der Waals surface area contributed by atoms with Crippen LogP contribution in [0.2, 0.25) is 0 Å². The average molecular weight is 267 g/mol. The highest BCUT2D eigenvalue weighted by Crippen LogP contribution is 2.14. The fourth-order valence-electron chi connectivity index (χ4n) is 1.98. The zero-order valence-corrected chi connectivity index (χ0v) is 13.0. The van der Waals surface area contributed by atoms with Gasteiger partial charge in [0.2, 0.25) is 0 Å². The number of alkyl carbamates (subject to hydrolysis) is 1. The molecule has 1 amide bonds. The van der Waals surface area contributed by atoms with Crippen LogP contribution in [0, 0.1) is 13.8 Å². The van der Waals surface area contributed by atoms with Crippen LogP contribution in [0.5, 0.6) is 0 Å². The van der Waals surface area contributed by atoms with E-state index < -0.39 is 5.60 Å². The van der Waals surface area contributed by atoms with Crippen molar-refractivity contribution in [3.8, 4) is 0 Å². The van der Waals surface area contributed by atoms with Crippen LogP contribution in [0.3, 0.4) is 0 Å². The van der Waals surface area contributed by atoms with Crippen molar-refractivity contribution in [2.24, 2.45) is 7.05 Å². The molecule has 1 unspecified atom stereocenters. The summed E-state index contributed by atoms with van der Waals surface area (Å²) in [5, 5.41) is 7.23. The molecule has 1 aromatic heterocycles. The Balaban J connectivity index is 2.61. The van der Waals surface area contributed by atoms with Crippen molar-refractivity contribution in [2.75, 3.05) is 0 Å². The molecule has 0 radical (unpaired) electrons. The van der Waals surface area contributed by atoms with Crippen LogP contribution in [-0.4, -0.2) is 27.5 Å². The summed E-state index contributed by atoms with van der Waals surface area (Å²) in [7, 11) is 1.93. The zero-order chi connectivity index (χ0) is 14.8. The van der Waals surface area contributed by atoms with Crippen LogP contribution in [0.15, 0.2) is 0 Å². The lowest BCUT2D eigenvalue weighted by molar-refractivity contribution is 0.0508. The molecule has 0 aromatic carbocycles. The molecule has 0 bridgehead atoms. The van der Waals surface area contributed by atoms with Crippen molar-refractivity contribution in [1.82, 2.24) is 15.1 Å². The third kappa shape index (κ3) is 4.58. The number of nitrogens with zero attached hydrogens (tertiary/aromatic N) is 2. The third-order valence-corrected chi connectivity index (χ3v) is 2.93. The van der Waals surface area contributed by atoms with E-state index in [-0.39, 0.29) is 12.1 Å². The third-order valence-electron chi connectivity index (χ3n) is 2.93. The monoisotopic (exact) mass is 267 g/mol. The lowest BCUT2D eigenvalue weighted by Crippen LogP contribution is -2.38. The summed E-state index contributed by atoms with van der Waals surface area (Å²) in [5.74, 6) is 0. The fourth-order valence-corrected chi connectivity index (χ4v) is 1.98. The molecule has 0 aliphatic carbocycles. The Morgan fingerprint density at radius 3 is 2.42 bits per heavy atom. The van der Waals surface area contributed by atoms with Gasteiger partial charge in [-0.2, -0.15) is 5.10 Å². The largest absolute Gasteiger partial charge is 0.444 e. The maximum atomic E-state index is 11.7. The van der Waals surface area contributed by atoms with Gasteiger partial charge in [-0.15, -0.1) is 0 Å². The lowest BCUT2D eigenvalue weighted by atomic mass is 10.1. The Labute approximate surface area is 115 Å². The van der Waals surface area contributed by atoms with E-state index in [0.29, 0.717) is 0 Å². The van der Waals surface area contributed by atoms with Gasteiger partial charge in [-0.1, -0.05) is 0 Å². The van der Waals surface area contributed by atoms with E-state index in [1.165, 1.54) is 5.56 Å². The molecule has 5 heteroatoms. The smallest absolute Gasteiger partial charge is 0.407 e. The molecule has 1 atom stereocenters. The number of ether oxygens (including phenoxy) is 1. The molecule has 1 heterocycles. The van der Waals surface area contributed by atoms with E-state index in [9.17, 15) is 4.79 Å². The zero-order valence-electron chi connectivity index (χ0n) is 13.0. The van der Waals surface area contributed by atoms with E-state index in [4.69, 9.17) is 4.74 Å². The number of aryl methyl sites for hydroxylation is 2. The van der Waals surface area contributed by atoms with Crippen molar-refractivity contribution in [3.63, 3.8) is 0 Å². The molecule has 108 valence electrons. The lowest BCUT2D eigenvalue weighted by Gasteiger charge is -2.22. The molecule has 1 rings (SSSR count). The van der Waals surface area contributed by atoms with Crippen LogP contribution in [0.4, 0.5) is 4.79 Å². The Morgan fingerprint density at radius 1 is 1.42 bits per heavy atom. The maximum absolute atomic E-state index is 11.7. The van der Waals surface area contributed by atoms with Gasteiger partial charge in [-0.05, 0) is 53.5 Å². The molecule has 5 nitrogen and oxygen atoms in total. The summed E-state index contributed by atoms with van der Waals surface area (Å²) in [4.78, 5) is 11.7. The van der Waals surface area contributed by atoms with Gasteiger partial charge in [0.1, 0.15) is 5.60 Å². The van der Waals surface area contributed by atoms with Gasteiger partial charge < -0.3 is 10.1 Å². The van der Waals surface area contributed by atoms with Crippen molar-refractivity contribution in [3.05, 3.63) is 17.0 Å². The minimum absolute atomic E-state index is 0.0106. The molecule has 0 aliphatic rings. The number of hydrogen-bond donors (Lipinski definition) is 1. The molecule has 1 N–H and O–H groups in total. The summed E-state index contributed by atoms with van der Waals surface area (Å²) >= 11 is 0. The van der Waals surface area contributed by atoms with Crippen LogP contribution in [0.1, 0.15) is 44.6 Å². The van der Waals surface area contributed by atoms with E-state index >= 15 is 0 Å². The molecule has 0 saturated heterocycles. The van der Waals surface area contributed by atoms with Crippen LogP contribution < -0.4 is 5.32 Å². The quantitative estimate of drug-likeness (QED) is 0.915. The Bertz CT molecular complexity index is 458. The Hall–Kier alpha value is -1.52. The predicted molar refractivity (Wildman–Crippen MR) is 75.2 cm³/mol. The number of amides is 1. The SMILES string of the molecule is Cc1nn(C)c(C)c1CC(C)NC(=O)OC(C)(C)C. The first-order valence-corrected chi connectivity index (χ1v) is 6.58. The summed E-state index contributed by atoms with van der Waals surface area (Å²) in [6, 6.07) is 0.0106. The minimum Gasteiger partial charge on any atom is -0.444 e. The van der Waals surface area contributed by atoms with Crippen molar-refractivity contribution in [2.45, 2.75) is 59.6 Å². The molecule has 0 saturated carbocycles. The normalized spacial score (nSPS) is 13.2. The first-order chi connectivity index (χ1) is 8.60. The molecule has 0 fully saturated rings. The number of carbonyl (C=O) groups is 1. The first kappa shape index (κ1) is 15.5. The second-order valence-electron chi connectivity index (χ2n) is 6.02. The van der Waals surface area contributed by atoms with E-state index in [2.05, 4.69) is 10.4 Å². The number of nitrogens with one attached hydrogen (secondary N) is 1. The molecule has 0 spiro atoms. The summed E-state index contributed by atoms with van der Waals surface area (Å²) < 4.78 is 7.11. The van der Waals surface area contributed by atoms with E-state index in [1.807, 2.05) is 53.3 Å². The van der Waals surface area contributed by atoms with Crippen LogP contribution in [-0.2, 0) is 18.2 Å². The number of hydrogen-bond acceptors (Lipinski definition) is 3. The summed E-state index contributed by atoms with van der Waals surface area (Å²) in [6.45, 7) is 11.6. The van der Waals surface area contributed by atoms with Crippen molar-refractivity contribution in [1.29, 1.82) is 0 Å². The Kier molecular flexibility index (Phi) is 4.61.